The molecular weight excluding hydrogens is 319 g/mol. The number of hydrogen-bond acceptors (Lipinski definition) is 3. The Morgan fingerprint density at radius 1 is 1.44 bits per heavy atom. The molecule has 1 aromatic carbocycles. The van der Waals surface area contributed by atoms with Crippen LogP contribution in [0.1, 0.15) is 38.4 Å². The highest BCUT2D eigenvalue weighted by Gasteiger charge is 2.25. The predicted octanol–water partition coefficient (Wildman–Crippen LogP) is 2.24. The lowest BCUT2D eigenvalue weighted by Gasteiger charge is -2.30. The quantitative estimate of drug-likeness (QED) is 0.585. The van der Waals surface area contributed by atoms with Crippen molar-refractivity contribution in [3.05, 3.63) is 35.6 Å². The Morgan fingerprint density at radius 2 is 2.20 bits per heavy atom. The largest absolute Gasteiger partial charge is 0.386 e. The van der Waals surface area contributed by atoms with Gasteiger partial charge in [-0.1, -0.05) is 25.1 Å². The summed E-state index contributed by atoms with van der Waals surface area (Å²) in [5.74, 6) is 0.356. The van der Waals surface area contributed by atoms with Gasteiger partial charge in [0.25, 0.3) is 0 Å². The van der Waals surface area contributed by atoms with E-state index in [1.165, 1.54) is 18.9 Å². The average Bonchev–Trinajstić information content (AvgIpc) is 3.05. The van der Waals surface area contributed by atoms with Gasteiger partial charge in [-0.05, 0) is 38.9 Å². The summed E-state index contributed by atoms with van der Waals surface area (Å²) >= 11 is 0. The lowest BCUT2D eigenvalue weighted by Crippen LogP contribution is -2.46. The second-order valence-corrected chi connectivity index (χ2v) is 6.54. The van der Waals surface area contributed by atoms with E-state index in [0.717, 1.165) is 32.1 Å². The first kappa shape index (κ1) is 19.7. The number of aliphatic hydroxyl groups is 1. The monoisotopic (exact) mass is 350 g/mol. The molecule has 140 valence electrons. The zero-order chi connectivity index (χ0) is 18.2. The maximum absolute atomic E-state index is 13.8. The van der Waals surface area contributed by atoms with E-state index < -0.39 is 11.9 Å². The van der Waals surface area contributed by atoms with Gasteiger partial charge in [-0.15, -0.1) is 0 Å². The van der Waals surface area contributed by atoms with Gasteiger partial charge in [-0.25, -0.2) is 4.39 Å². The maximum Gasteiger partial charge on any atom is 0.193 e. The van der Waals surface area contributed by atoms with E-state index in [1.807, 2.05) is 14.0 Å². The van der Waals surface area contributed by atoms with Crippen molar-refractivity contribution in [3.8, 4) is 0 Å². The van der Waals surface area contributed by atoms with Crippen molar-refractivity contribution in [1.82, 2.24) is 15.1 Å². The van der Waals surface area contributed by atoms with Crippen LogP contribution in [-0.4, -0.2) is 66.7 Å². The lowest BCUT2D eigenvalue weighted by molar-refractivity contribution is 0.181. The van der Waals surface area contributed by atoms with Crippen molar-refractivity contribution < 1.29 is 9.50 Å². The Labute approximate surface area is 150 Å². The Kier molecular flexibility index (Phi) is 7.65. The summed E-state index contributed by atoms with van der Waals surface area (Å²) in [5.41, 5.74) is 0.290. The van der Waals surface area contributed by atoms with E-state index in [9.17, 15) is 9.50 Å². The van der Waals surface area contributed by atoms with Crippen LogP contribution >= 0.6 is 0 Å². The molecule has 2 atom stereocenters. The van der Waals surface area contributed by atoms with Crippen molar-refractivity contribution in [2.45, 2.75) is 38.8 Å². The van der Waals surface area contributed by atoms with Gasteiger partial charge < -0.3 is 15.3 Å². The fraction of sp³-hybridized carbons (Fsp3) is 0.632. The van der Waals surface area contributed by atoms with Crippen LogP contribution in [0.2, 0.25) is 0 Å². The van der Waals surface area contributed by atoms with Gasteiger partial charge in [0.05, 0.1) is 6.54 Å². The van der Waals surface area contributed by atoms with Crippen LogP contribution in [-0.2, 0) is 0 Å². The molecular formula is C19H31FN4O. The molecule has 25 heavy (non-hydrogen) atoms. The molecule has 0 saturated carbocycles. The normalized spacial score (nSPS) is 19.9. The van der Waals surface area contributed by atoms with Crippen LogP contribution in [0.5, 0.6) is 0 Å². The standard InChI is InChI=1S/C19H31FN4O/c1-4-21-19(23(3)14-15-9-8-12-24(15)5-2)22-13-18(25)16-10-6-7-11-17(16)20/h6-7,10-11,15,18,25H,4-5,8-9,12-14H2,1-3H3,(H,21,22). The van der Waals surface area contributed by atoms with E-state index in [-0.39, 0.29) is 12.1 Å². The second kappa shape index (κ2) is 9.73. The van der Waals surface area contributed by atoms with Gasteiger partial charge in [0.1, 0.15) is 11.9 Å². The first-order valence-electron chi connectivity index (χ1n) is 9.22. The molecule has 0 amide bonds. The van der Waals surface area contributed by atoms with Crippen molar-refractivity contribution in [1.29, 1.82) is 0 Å². The number of rotatable bonds is 7. The molecule has 1 aliphatic heterocycles. The number of benzene rings is 1. The molecule has 2 N–H and O–H groups in total. The van der Waals surface area contributed by atoms with Gasteiger partial charge in [-0.2, -0.15) is 0 Å². The third-order valence-corrected chi connectivity index (χ3v) is 4.76. The molecule has 1 aliphatic rings. The van der Waals surface area contributed by atoms with Crippen molar-refractivity contribution in [2.75, 3.05) is 39.8 Å². The molecule has 1 aromatic rings. The van der Waals surface area contributed by atoms with Crippen molar-refractivity contribution in [2.24, 2.45) is 4.99 Å². The number of aliphatic hydroxyl groups excluding tert-OH is 1. The summed E-state index contributed by atoms with van der Waals surface area (Å²) in [6.07, 6.45) is 1.50. The lowest BCUT2D eigenvalue weighted by atomic mass is 10.1. The summed E-state index contributed by atoms with van der Waals surface area (Å²) in [4.78, 5) is 9.12. The van der Waals surface area contributed by atoms with E-state index >= 15 is 0 Å². The Bertz CT molecular complexity index is 566. The number of guanidine groups is 1. The van der Waals surface area contributed by atoms with E-state index in [2.05, 4.69) is 27.0 Å². The summed E-state index contributed by atoms with van der Waals surface area (Å²) in [6, 6.07) is 6.84. The molecule has 0 aliphatic carbocycles. The highest BCUT2D eigenvalue weighted by Crippen LogP contribution is 2.18. The zero-order valence-electron chi connectivity index (χ0n) is 15.6. The Balaban J connectivity index is 2.00. The fourth-order valence-corrected chi connectivity index (χ4v) is 3.41. The highest BCUT2D eigenvalue weighted by molar-refractivity contribution is 5.79. The van der Waals surface area contributed by atoms with Gasteiger partial charge in [-0.3, -0.25) is 9.89 Å². The van der Waals surface area contributed by atoms with Gasteiger partial charge >= 0.3 is 0 Å². The number of nitrogens with zero attached hydrogens (tertiary/aromatic N) is 3. The highest BCUT2D eigenvalue weighted by atomic mass is 19.1. The van der Waals surface area contributed by atoms with Crippen LogP contribution in [0.15, 0.2) is 29.3 Å². The average molecular weight is 350 g/mol. The molecule has 0 bridgehead atoms. The third-order valence-electron chi connectivity index (χ3n) is 4.76. The van der Waals surface area contributed by atoms with E-state index in [0.29, 0.717) is 6.04 Å². The minimum atomic E-state index is -0.943. The van der Waals surface area contributed by atoms with Gasteiger partial charge in [0.15, 0.2) is 5.96 Å². The first-order chi connectivity index (χ1) is 12.1. The molecule has 2 unspecified atom stereocenters. The number of likely N-dealkylation sites (N-methyl/N-ethyl adjacent to an activating group) is 2. The van der Waals surface area contributed by atoms with Crippen LogP contribution in [0, 0.1) is 5.82 Å². The molecule has 0 spiro atoms. The Morgan fingerprint density at radius 3 is 2.88 bits per heavy atom. The molecule has 0 aromatic heterocycles. The molecule has 1 fully saturated rings. The van der Waals surface area contributed by atoms with Crippen molar-refractivity contribution in [3.63, 3.8) is 0 Å². The topological polar surface area (TPSA) is 51.1 Å². The van der Waals surface area contributed by atoms with E-state index in [1.54, 1.807) is 18.2 Å². The SMILES string of the molecule is CCNC(=NCC(O)c1ccccc1F)N(C)CC1CCCN1CC. The minimum absolute atomic E-state index is 0.135. The maximum atomic E-state index is 13.8. The number of nitrogens with one attached hydrogen (secondary N) is 1. The number of hydrogen-bond donors (Lipinski definition) is 2. The smallest absolute Gasteiger partial charge is 0.193 e. The van der Waals surface area contributed by atoms with Crippen molar-refractivity contribution >= 4 is 5.96 Å². The third kappa shape index (κ3) is 5.41. The summed E-state index contributed by atoms with van der Waals surface area (Å²) in [7, 11) is 2.02. The molecule has 0 radical (unpaired) electrons. The minimum Gasteiger partial charge on any atom is -0.386 e. The van der Waals surface area contributed by atoms with Crippen LogP contribution in [0.3, 0.4) is 0 Å². The zero-order valence-corrected chi connectivity index (χ0v) is 15.6. The second-order valence-electron chi connectivity index (χ2n) is 6.54. The number of likely N-dealkylation sites (tertiary alicyclic amines) is 1. The molecule has 6 heteroatoms. The molecule has 5 nitrogen and oxygen atoms in total. The van der Waals surface area contributed by atoms with Crippen LogP contribution in [0.4, 0.5) is 4.39 Å². The van der Waals surface area contributed by atoms with Gasteiger partial charge in [0, 0.05) is 31.7 Å². The molecule has 2 rings (SSSR count). The molecule has 1 saturated heterocycles. The van der Waals surface area contributed by atoms with Gasteiger partial charge in [0.2, 0.25) is 0 Å². The van der Waals surface area contributed by atoms with Crippen LogP contribution < -0.4 is 5.32 Å². The Hall–Kier alpha value is -1.66. The predicted molar refractivity (Wildman–Crippen MR) is 100 cm³/mol. The van der Waals surface area contributed by atoms with Crippen LogP contribution in [0.25, 0.3) is 0 Å². The first-order valence-corrected chi connectivity index (χ1v) is 9.22. The van der Waals surface area contributed by atoms with E-state index in [4.69, 9.17) is 0 Å². The molecule has 1 heterocycles. The number of aliphatic imine (C=N–C) groups is 1. The fourth-order valence-electron chi connectivity index (χ4n) is 3.41. The summed E-state index contributed by atoms with van der Waals surface area (Å²) in [6.45, 7) is 8.23. The summed E-state index contributed by atoms with van der Waals surface area (Å²) < 4.78 is 13.8. The summed E-state index contributed by atoms with van der Waals surface area (Å²) in [5, 5.41) is 13.5. The number of halogens is 1.